The van der Waals surface area contributed by atoms with E-state index in [0.29, 0.717) is 11.3 Å². The monoisotopic (exact) mass is 270 g/mol. The minimum absolute atomic E-state index is 0.0738. The van der Waals surface area contributed by atoms with Crippen LogP contribution >= 0.6 is 0 Å². The lowest BCUT2D eigenvalue weighted by Crippen LogP contribution is -2.20. The molecule has 0 fully saturated rings. The highest BCUT2D eigenvalue weighted by atomic mass is 19.1. The first-order valence-electron chi connectivity index (χ1n) is 6.75. The van der Waals surface area contributed by atoms with Crippen LogP contribution in [-0.4, -0.2) is 5.78 Å². The third-order valence-corrected chi connectivity index (χ3v) is 3.64. The average Bonchev–Trinajstić information content (AvgIpc) is 2.48. The van der Waals surface area contributed by atoms with Crippen LogP contribution in [0.15, 0.2) is 42.5 Å². The summed E-state index contributed by atoms with van der Waals surface area (Å²) in [4.78, 5) is 12.1. The summed E-state index contributed by atoms with van der Waals surface area (Å²) in [7, 11) is 0. The van der Waals surface area contributed by atoms with Crippen molar-refractivity contribution < 1.29 is 13.9 Å². The lowest BCUT2D eigenvalue weighted by atomic mass is 9.95. The normalized spacial score (nSPS) is 17.5. The summed E-state index contributed by atoms with van der Waals surface area (Å²) in [6.07, 6.45) is 0.945. The fourth-order valence-corrected chi connectivity index (χ4v) is 2.45. The van der Waals surface area contributed by atoms with Gasteiger partial charge in [-0.1, -0.05) is 31.2 Å². The number of fused-ring (bicyclic) bond motifs is 1. The van der Waals surface area contributed by atoms with Gasteiger partial charge in [0.25, 0.3) is 0 Å². The summed E-state index contributed by atoms with van der Waals surface area (Å²) in [5, 5.41) is 0. The van der Waals surface area contributed by atoms with E-state index in [-0.39, 0.29) is 18.3 Å². The average molecular weight is 270 g/mol. The smallest absolute Gasteiger partial charge is 0.170 e. The van der Waals surface area contributed by atoms with E-state index < -0.39 is 5.82 Å². The van der Waals surface area contributed by atoms with Crippen LogP contribution < -0.4 is 4.74 Å². The van der Waals surface area contributed by atoms with E-state index in [2.05, 4.69) is 6.92 Å². The second-order valence-electron chi connectivity index (χ2n) is 4.97. The molecule has 0 N–H and O–H groups in total. The molecule has 0 radical (unpaired) electrons. The number of hydrogen-bond donors (Lipinski definition) is 0. The zero-order valence-corrected chi connectivity index (χ0v) is 11.2. The summed E-state index contributed by atoms with van der Waals surface area (Å²) in [6, 6.07) is 12.2. The fraction of sp³-hybridized carbons (Fsp3) is 0.235. The van der Waals surface area contributed by atoms with Crippen LogP contribution in [0.4, 0.5) is 4.39 Å². The molecule has 3 heteroatoms. The lowest BCUT2D eigenvalue weighted by Gasteiger charge is -2.25. The number of Topliss-reactive ketones (excluding diaryl/α,β-unsaturated/α-hetero) is 1. The molecular formula is C17H15FO2. The predicted molar refractivity (Wildman–Crippen MR) is 74.5 cm³/mol. The number of hydrogen-bond acceptors (Lipinski definition) is 2. The van der Waals surface area contributed by atoms with Crippen molar-refractivity contribution in [3.63, 3.8) is 0 Å². The Balaban J connectivity index is 1.90. The Morgan fingerprint density at radius 1 is 1.20 bits per heavy atom. The third kappa shape index (κ3) is 2.31. The quantitative estimate of drug-likeness (QED) is 0.821. The Morgan fingerprint density at radius 3 is 2.65 bits per heavy atom. The maximum absolute atomic E-state index is 13.2. The molecule has 102 valence electrons. The highest BCUT2D eigenvalue weighted by molar-refractivity contribution is 6.00. The van der Waals surface area contributed by atoms with E-state index in [4.69, 9.17) is 4.74 Å². The van der Waals surface area contributed by atoms with Crippen molar-refractivity contribution in [2.75, 3.05) is 0 Å². The highest BCUT2D eigenvalue weighted by Crippen LogP contribution is 2.35. The Hall–Kier alpha value is -2.16. The SMILES string of the molecule is CCc1ccc(C2CC(=O)c3cc(F)ccc3O2)cc1. The summed E-state index contributed by atoms with van der Waals surface area (Å²) >= 11 is 0. The number of carbonyl (C=O) groups excluding carboxylic acids is 1. The number of ether oxygens (including phenoxy) is 1. The number of ketones is 1. The van der Waals surface area contributed by atoms with Crippen molar-refractivity contribution in [3.05, 3.63) is 65.0 Å². The molecule has 0 aliphatic carbocycles. The molecular weight excluding hydrogens is 255 g/mol. The minimum atomic E-state index is -0.411. The Kier molecular flexibility index (Phi) is 3.26. The van der Waals surface area contributed by atoms with E-state index in [0.717, 1.165) is 12.0 Å². The zero-order valence-electron chi connectivity index (χ0n) is 11.2. The Labute approximate surface area is 117 Å². The summed E-state index contributed by atoms with van der Waals surface area (Å²) in [5.41, 5.74) is 2.57. The second-order valence-corrected chi connectivity index (χ2v) is 4.97. The molecule has 2 nitrogen and oxygen atoms in total. The van der Waals surface area contributed by atoms with Crippen molar-refractivity contribution in [3.8, 4) is 5.75 Å². The van der Waals surface area contributed by atoms with Crippen molar-refractivity contribution in [2.45, 2.75) is 25.9 Å². The molecule has 3 rings (SSSR count). The van der Waals surface area contributed by atoms with Gasteiger partial charge in [-0.25, -0.2) is 4.39 Å². The van der Waals surface area contributed by atoms with Crippen LogP contribution in [0, 0.1) is 5.82 Å². The third-order valence-electron chi connectivity index (χ3n) is 3.64. The zero-order chi connectivity index (χ0) is 14.1. The maximum atomic E-state index is 13.2. The van der Waals surface area contributed by atoms with Gasteiger partial charge in [-0.15, -0.1) is 0 Å². The van der Waals surface area contributed by atoms with Gasteiger partial charge in [0.15, 0.2) is 5.78 Å². The van der Waals surface area contributed by atoms with Gasteiger partial charge in [0.05, 0.1) is 12.0 Å². The molecule has 0 saturated heterocycles. The van der Waals surface area contributed by atoms with Crippen molar-refractivity contribution >= 4 is 5.78 Å². The van der Waals surface area contributed by atoms with Crippen molar-refractivity contribution in [1.29, 1.82) is 0 Å². The number of halogens is 1. The molecule has 2 aromatic rings. The first-order valence-corrected chi connectivity index (χ1v) is 6.75. The van der Waals surface area contributed by atoms with Crippen LogP contribution in [-0.2, 0) is 6.42 Å². The fourth-order valence-electron chi connectivity index (χ4n) is 2.45. The van der Waals surface area contributed by atoms with Crippen LogP contribution in [0.1, 0.15) is 40.9 Å². The van der Waals surface area contributed by atoms with Gasteiger partial charge in [-0.2, -0.15) is 0 Å². The van der Waals surface area contributed by atoms with Gasteiger partial charge in [-0.3, -0.25) is 4.79 Å². The number of carbonyl (C=O) groups is 1. The van der Waals surface area contributed by atoms with E-state index in [1.807, 2.05) is 24.3 Å². The van der Waals surface area contributed by atoms with Crippen molar-refractivity contribution in [1.82, 2.24) is 0 Å². The Morgan fingerprint density at radius 2 is 1.95 bits per heavy atom. The molecule has 20 heavy (non-hydrogen) atoms. The van der Waals surface area contributed by atoms with Gasteiger partial charge < -0.3 is 4.74 Å². The molecule has 0 amide bonds. The topological polar surface area (TPSA) is 26.3 Å². The molecule has 1 unspecified atom stereocenters. The van der Waals surface area contributed by atoms with Gasteiger partial charge in [0.2, 0.25) is 0 Å². The Bertz CT molecular complexity index is 647. The molecule has 1 aliphatic heterocycles. The predicted octanol–water partition coefficient (Wildman–Crippen LogP) is 4.09. The summed E-state index contributed by atoms with van der Waals surface area (Å²) in [5.74, 6) is -0.0195. The van der Waals surface area contributed by atoms with Crippen molar-refractivity contribution in [2.24, 2.45) is 0 Å². The number of benzene rings is 2. The van der Waals surface area contributed by atoms with Gasteiger partial charge in [0.1, 0.15) is 17.7 Å². The standard InChI is InChI=1S/C17H15FO2/c1-2-11-3-5-12(6-4-11)17-10-15(19)14-9-13(18)7-8-16(14)20-17/h3-9,17H,2,10H2,1H3. The largest absolute Gasteiger partial charge is 0.484 e. The van der Waals surface area contributed by atoms with E-state index in [1.165, 1.54) is 23.8 Å². The molecule has 1 heterocycles. The van der Waals surface area contributed by atoms with Crippen LogP contribution in [0.25, 0.3) is 0 Å². The van der Waals surface area contributed by atoms with Crippen LogP contribution in [0.3, 0.4) is 0 Å². The first-order chi connectivity index (χ1) is 9.67. The van der Waals surface area contributed by atoms with Crippen LogP contribution in [0.2, 0.25) is 0 Å². The number of aryl methyl sites for hydroxylation is 1. The molecule has 0 bridgehead atoms. The summed E-state index contributed by atoms with van der Waals surface area (Å²) in [6.45, 7) is 2.10. The van der Waals surface area contributed by atoms with E-state index in [9.17, 15) is 9.18 Å². The van der Waals surface area contributed by atoms with Gasteiger partial charge in [0, 0.05) is 0 Å². The highest BCUT2D eigenvalue weighted by Gasteiger charge is 2.27. The lowest BCUT2D eigenvalue weighted by molar-refractivity contribution is 0.0849. The molecule has 2 aromatic carbocycles. The summed E-state index contributed by atoms with van der Waals surface area (Å²) < 4.78 is 19.0. The molecule has 1 aliphatic rings. The second kappa shape index (κ2) is 5.08. The van der Waals surface area contributed by atoms with Crippen LogP contribution in [0.5, 0.6) is 5.75 Å². The number of rotatable bonds is 2. The van der Waals surface area contributed by atoms with E-state index in [1.54, 1.807) is 0 Å². The minimum Gasteiger partial charge on any atom is -0.484 e. The van der Waals surface area contributed by atoms with Gasteiger partial charge in [-0.05, 0) is 35.7 Å². The molecule has 0 saturated carbocycles. The van der Waals surface area contributed by atoms with E-state index >= 15 is 0 Å². The maximum Gasteiger partial charge on any atom is 0.170 e. The molecule has 0 spiro atoms. The first kappa shape index (κ1) is 12.9. The van der Waals surface area contributed by atoms with Gasteiger partial charge >= 0.3 is 0 Å². The molecule has 0 aromatic heterocycles. The molecule has 1 atom stereocenters.